The number of hydrogen-bond donors (Lipinski definition) is 1. The van der Waals surface area contributed by atoms with Crippen molar-refractivity contribution in [2.75, 3.05) is 31.7 Å². The van der Waals surface area contributed by atoms with Crippen LogP contribution in [0.3, 0.4) is 0 Å². The minimum absolute atomic E-state index is 0.150. The summed E-state index contributed by atoms with van der Waals surface area (Å²) in [6.07, 6.45) is 5.93. The lowest BCUT2D eigenvalue weighted by atomic mass is 9.96. The summed E-state index contributed by atoms with van der Waals surface area (Å²) in [6.45, 7) is 2.46. The lowest BCUT2D eigenvalue weighted by Gasteiger charge is -2.25. The molecule has 0 aromatic carbocycles. The van der Waals surface area contributed by atoms with Gasteiger partial charge in [0.05, 0.1) is 0 Å². The standard InChI is InChI=1S/C13H19N3O3/c1-16(5-2-10-3-6-19-7-4-10)12-11(13(17)18)8-14-9-15-12/h8-10H,2-7H2,1H3,(H,17,18). The predicted octanol–water partition coefficient (Wildman–Crippen LogP) is 1.43. The Kier molecular flexibility index (Phi) is 4.68. The molecule has 0 bridgehead atoms. The van der Waals surface area contributed by atoms with Gasteiger partial charge in [0.15, 0.2) is 0 Å². The summed E-state index contributed by atoms with van der Waals surface area (Å²) < 4.78 is 5.33. The zero-order valence-electron chi connectivity index (χ0n) is 11.1. The molecule has 1 aromatic rings. The van der Waals surface area contributed by atoms with Crippen LogP contribution in [-0.2, 0) is 4.74 Å². The van der Waals surface area contributed by atoms with Gasteiger partial charge in [0.1, 0.15) is 17.7 Å². The topological polar surface area (TPSA) is 75.5 Å². The summed E-state index contributed by atoms with van der Waals surface area (Å²) >= 11 is 0. The highest BCUT2D eigenvalue weighted by Crippen LogP contribution is 2.21. The molecule has 1 N–H and O–H groups in total. The van der Waals surface area contributed by atoms with Crippen LogP contribution in [0, 0.1) is 5.92 Å². The molecular formula is C13H19N3O3. The number of rotatable bonds is 5. The number of anilines is 1. The van der Waals surface area contributed by atoms with E-state index in [1.54, 1.807) is 0 Å². The lowest BCUT2D eigenvalue weighted by molar-refractivity contribution is 0.0645. The van der Waals surface area contributed by atoms with E-state index < -0.39 is 5.97 Å². The van der Waals surface area contributed by atoms with Crippen LogP contribution < -0.4 is 4.90 Å². The maximum Gasteiger partial charge on any atom is 0.341 e. The van der Waals surface area contributed by atoms with Crippen molar-refractivity contribution in [3.05, 3.63) is 18.1 Å². The van der Waals surface area contributed by atoms with Crippen LogP contribution in [0.2, 0.25) is 0 Å². The van der Waals surface area contributed by atoms with Crippen LogP contribution in [0.1, 0.15) is 29.6 Å². The number of aromatic carboxylic acids is 1. The summed E-state index contributed by atoms with van der Waals surface area (Å²) in [6, 6.07) is 0. The molecular weight excluding hydrogens is 246 g/mol. The van der Waals surface area contributed by atoms with Gasteiger partial charge in [-0.2, -0.15) is 0 Å². The quantitative estimate of drug-likeness (QED) is 0.868. The van der Waals surface area contributed by atoms with Crippen molar-refractivity contribution in [3.8, 4) is 0 Å². The monoisotopic (exact) mass is 265 g/mol. The van der Waals surface area contributed by atoms with E-state index in [0.717, 1.165) is 39.0 Å². The molecule has 0 aliphatic carbocycles. The molecule has 1 aliphatic heterocycles. The van der Waals surface area contributed by atoms with Crippen LogP contribution in [0.15, 0.2) is 12.5 Å². The Morgan fingerprint density at radius 1 is 1.53 bits per heavy atom. The predicted molar refractivity (Wildman–Crippen MR) is 70.4 cm³/mol. The van der Waals surface area contributed by atoms with Crippen molar-refractivity contribution in [2.45, 2.75) is 19.3 Å². The number of aromatic nitrogens is 2. The van der Waals surface area contributed by atoms with E-state index in [1.807, 2.05) is 11.9 Å². The maximum absolute atomic E-state index is 11.1. The van der Waals surface area contributed by atoms with Gasteiger partial charge in [-0.3, -0.25) is 0 Å². The fourth-order valence-electron chi connectivity index (χ4n) is 2.30. The SMILES string of the molecule is CN(CCC1CCOCC1)c1ncncc1C(=O)O. The fourth-order valence-corrected chi connectivity index (χ4v) is 2.30. The summed E-state index contributed by atoms with van der Waals surface area (Å²) in [4.78, 5) is 20.8. The van der Waals surface area contributed by atoms with E-state index in [2.05, 4.69) is 9.97 Å². The van der Waals surface area contributed by atoms with E-state index in [1.165, 1.54) is 12.5 Å². The molecule has 0 atom stereocenters. The van der Waals surface area contributed by atoms with Crippen molar-refractivity contribution in [1.29, 1.82) is 0 Å². The zero-order valence-corrected chi connectivity index (χ0v) is 11.1. The number of carboxylic acids is 1. The van der Waals surface area contributed by atoms with Crippen LogP contribution in [0.25, 0.3) is 0 Å². The van der Waals surface area contributed by atoms with E-state index in [4.69, 9.17) is 9.84 Å². The third-order valence-electron chi connectivity index (χ3n) is 3.50. The molecule has 6 nitrogen and oxygen atoms in total. The minimum Gasteiger partial charge on any atom is -0.477 e. The van der Waals surface area contributed by atoms with Gasteiger partial charge < -0.3 is 14.7 Å². The molecule has 2 heterocycles. The van der Waals surface area contributed by atoms with Gasteiger partial charge in [-0.25, -0.2) is 14.8 Å². The molecule has 1 aliphatic rings. The first-order valence-corrected chi connectivity index (χ1v) is 6.50. The number of carboxylic acid groups (broad SMARTS) is 1. The molecule has 1 saturated heterocycles. The average Bonchev–Trinajstić information content (AvgIpc) is 2.46. The first-order valence-electron chi connectivity index (χ1n) is 6.50. The molecule has 6 heteroatoms. The Morgan fingerprint density at radius 3 is 2.95 bits per heavy atom. The fraction of sp³-hybridized carbons (Fsp3) is 0.615. The highest BCUT2D eigenvalue weighted by Gasteiger charge is 2.18. The van der Waals surface area contributed by atoms with Crippen molar-refractivity contribution >= 4 is 11.8 Å². The highest BCUT2D eigenvalue weighted by atomic mass is 16.5. The summed E-state index contributed by atoms with van der Waals surface area (Å²) in [5.41, 5.74) is 0.150. The van der Waals surface area contributed by atoms with Gasteiger partial charge in [0, 0.05) is 33.0 Å². The number of hydrogen-bond acceptors (Lipinski definition) is 5. The van der Waals surface area contributed by atoms with Crippen molar-refractivity contribution in [1.82, 2.24) is 9.97 Å². The third-order valence-corrected chi connectivity index (χ3v) is 3.50. The second-order valence-electron chi connectivity index (χ2n) is 4.83. The van der Waals surface area contributed by atoms with E-state index >= 15 is 0 Å². The normalized spacial score (nSPS) is 16.3. The van der Waals surface area contributed by atoms with Gasteiger partial charge >= 0.3 is 5.97 Å². The smallest absolute Gasteiger partial charge is 0.341 e. The third kappa shape index (κ3) is 3.64. The molecule has 0 spiro atoms. The number of ether oxygens (including phenoxy) is 1. The minimum atomic E-state index is -0.992. The first kappa shape index (κ1) is 13.7. The van der Waals surface area contributed by atoms with Gasteiger partial charge in [-0.1, -0.05) is 0 Å². The second-order valence-corrected chi connectivity index (χ2v) is 4.83. The molecule has 0 unspecified atom stereocenters. The average molecular weight is 265 g/mol. The highest BCUT2D eigenvalue weighted by molar-refractivity contribution is 5.92. The van der Waals surface area contributed by atoms with Gasteiger partial charge in [0.25, 0.3) is 0 Å². The number of nitrogens with zero attached hydrogens (tertiary/aromatic N) is 3. The molecule has 0 saturated carbocycles. The Balaban J connectivity index is 1.95. The van der Waals surface area contributed by atoms with Crippen LogP contribution >= 0.6 is 0 Å². The summed E-state index contributed by atoms with van der Waals surface area (Å²) in [5.74, 6) is 0.148. The largest absolute Gasteiger partial charge is 0.477 e. The molecule has 2 rings (SSSR count). The molecule has 1 fully saturated rings. The summed E-state index contributed by atoms with van der Waals surface area (Å²) in [5, 5.41) is 9.11. The van der Waals surface area contributed by atoms with Crippen LogP contribution in [0.5, 0.6) is 0 Å². The second kappa shape index (κ2) is 6.47. The molecule has 104 valence electrons. The molecule has 0 radical (unpaired) electrons. The van der Waals surface area contributed by atoms with Crippen molar-refractivity contribution in [2.24, 2.45) is 5.92 Å². The molecule has 19 heavy (non-hydrogen) atoms. The van der Waals surface area contributed by atoms with Crippen molar-refractivity contribution < 1.29 is 14.6 Å². The van der Waals surface area contributed by atoms with E-state index in [-0.39, 0.29) is 5.56 Å². The van der Waals surface area contributed by atoms with Crippen molar-refractivity contribution in [3.63, 3.8) is 0 Å². The Labute approximate surface area is 112 Å². The number of carbonyl (C=O) groups is 1. The van der Waals surface area contributed by atoms with Crippen LogP contribution in [-0.4, -0.2) is 47.8 Å². The molecule has 1 aromatic heterocycles. The molecule has 0 amide bonds. The lowest BCUT2D eigenvalue weighted by Crippen LogP contribution is -2.26. The Morgan fingerprint density at radius 2 is 2.26 bits per heavy atom. The van der Waals surface area contributed by atoms with Crippen LogP contribution in [0.4, 0.5) is 5.82 Å². The maximum atomic E-state index is 11.1. The summed E-state index contributed by atoms with van der Waals surface area (Å²) in [7, 11) is 1.87. The Hall–Kier alpha value is -1.69. The van der Waals surface area contributed by atoms with Gasteiger partial charge in [-0.05, 0) is 25.2 Å². The Bertz CT molecular complexity index is 433. The van der Waals surface area contributed by atoms with E-state index in [9.17, 15) is 4.79 Å². The van der Waals surface area contributed by atoms with Gasteiger partial charge in [0.2, 0.25) is 0 Å². The zero-order chi connectivity index (χ0) is 13.7. The van der Waals surface area contributed by atoms with Gasteiger partial charge in [-0.15, -0.1) is 0 Å². The first-order chi connectivity index (χ1) is 9.18. The van der Waals surface area contributed by atoms with E-state index in [0.29, 0.717) is 11.7 Å².